The normalized spacial score (nSPS) is 10.1. The Hall–Kier alpha value is -2.30. The van der Waals surface area contributed by atoms with Gasteiger partial charge in [0, 0.05) is 6.07 Å². The molecule has 1 aromatic heterocycles. The predicted molar refractivity (Wildman–Crippen MR) is 52.5 cm³/mol. The first-order chi connectivity index (χ1) is 7.18. The van der Waals surface area contributed by atoms with Crippen LogP contribution in [0.3, 0.4) is 0 Å². The van der Waals surface area contributed by atoms with Gasteiger partial charge in [0.15, 0.2) is 0 Å². The van der Waals surface area contributed by atoms with E-state index in [2.05, 4.69) is 0 Å². The number of nitro benzene ring substituents is 1. The van der Waals surface area contributed by atoms with Crippen molar-refractivity contribution in [2.24, 2.45) is 0 Å². The van der Waals surface area contributed by atoms with Crippen molar-refractivity contribution in [3.63, 3.8) is 0 Å². The number of benzene rings is 1. The third-order valence-electron chi connectivity index (χ3n) is 1.98. The lowest BCUT2D eigenvalue weighted by molar-refractivity contribution is -0.384. The molecule has 15 heavy (non-hydrogen) atoms. The molecule has 0 saturated heterocycles. The summed E-state index contributed by atoms with van der Waals surface area (Å²) < 4.78 is 5.07. The highest BCUT2D eigenvalue weighted by Gasteiger charge is 2.12. The van der Waals surface area contributed by atoms with E-state index in [0.717, 1.165) is 6.07 Å². The minimum Gasteiger partial charge on any atom is -0.507 e. The van der Waals surface area contributed by atoms with Gasteiger partial charge in [-0.2, -0.15) is 0 Å². The minimum atomic E-state index is -0.564. The first-order valence-corrected chi connectivity index (χ1v) is 4.20. The molecule has 5 heteroatoms. The Bertz CT molecular complexity index is 490. The maximum atomic E-state index is 10.4. The van der Waals surface area contributed by atoms with Gasteiger partial charge in [-0.25, -0.2) is 0 Å². The van der Waals surface area contributed by atoms with E-state index in [-0.39, 0.29) is 11.4 Å². The van der Waals surface area contributed by atoms with Gasteiger partial charge in [0.25, 0.3) is 5.69 Å². The van der Waals surface area contributed by atoms with Crippen LogP contribution >= 0.6 is 0 Å². The molecule has 0 spiro atoms. The summed E-state index contributed by atoms with van der Waals surface area (Å²) in [5.41, 5.74) is 0.286. The van der Waals surface area contributed by atoms with Crippen LogP contribution in [0.2, 0.25) is 0 Å². The van der Waals surface area contributed by atoms with Gasteiger partial charge in [-0.1, -0.05) is 0 Å². The Morgan fingerprint density at radius 3 is 2.67 bits per heavy atom. The summed E-state index contributed by atoms with van der Waals surface area (Å²) in [6.45, 7) is 0. The van der Waals surface area contributed by atoms with Crippen molar-refractivity contribution >= 4 is 5.69 Å². The fourth-order valence-corrected chi connectivity index (χ4v) is 1.27. The number of hydrogen-bond donors (Lipinski definition) is 1. The second-order valence-electron chi connectivity index (χ2n) is 2.94. The molecule has 1 N–H and O–H groups in total. The second kappa shape index (κ2) is 3.45. The van der Waals surface area contributed by atoms with E-state index >= 15 is 0 Å². The lowest BCUT2D eigenvalue weighted by Crippen LogP contribution is -1.87. The number of non-ortho nitro benzene ring substituents is 1. The zero-order chi connectivity index (χ0) is 10.8. The highest BCUT2D eigenvalue weighted by atomic mass is 16.6. The van der Waals surface area contributed by atoms with E-state index in [0.29, 0.717) is 11.3 Å². The Labute approximate surface area is 84.7 Å². The van der Waals surface area contributed by atoms with Gasteiger partial charge in [-0.15, -0.1) is 0 Å². The lowest BCUT2D eigenvalue weighted by atomic mass is 10.1. The van der Waals surface area contributed by atoms with E-state index in [4.69, 9.17) is 4.42 Å². The molecule has 2 rings (SSSR count). The van der Waals surface area contributed by atoms with Crippen molar-refractivity contribution in [3.8, 4) is 17.1 Å². The van der Waals surface area contributed by atoms with E-state index in [1.165, 1.54) is 18.4 Å². The maximum absolute atomic E-state index is 10.4. The standard InChI is InChI=1S/C10H7NO4/c12-9-6-7(11(13)14)3-4-8(9)10-2-1-5-15-10/h1-6,12H. The number of furan rings is 1. The number of phenolic OH excluding ortho intramolecular Hbond substituents is 1. The lowest BCUT2D eigenvalue weighted by Gasteiger charge is -2.00. The zero-order valence-electron chi connectivity index (χ0n) is 7.58. The Kier molecular flexibility index (Phi) is 2.13. The Morgan fingerprint density at radius 1 is 1.33 bits per heavy atom. The molecule has 0 radical (unpaired) electrons. The summed E-state index contributed by atoms with van der Waals surface area (Å²) in [7, 11) is 0. The van der Waals surface area contributed by atoms with Crippen LogP contribution < -0.4 is 0 Å². The molecule has 0 amide bonds. The fourth-order valence-electron chi connectivity index (χ4n) is 1.27. The number of hydrogen-bond acceptors (Lipinski definition) is 4. The zero-order valence-corrected chi connectivity index (χ0v) is 7.58. The quantitative estimate of drug-likeness (QED) is 0.603. The van der Waals surface area contributed by atoms with Gasteiger partial charge in [0.2, 0.25) is 0 Å². The van der Waals surface area contributed by atoms with E-state index in [1.54, 1.807) is 12.1 Å². The molecule has 0 fully saturated rings. The molecule has 0 bridgehead atoms. The number of phenols is 1. The summed E-state index contributed by atoms with van der Waals surface area (Å²) in [5, 5.41) is 20.0. The third kappa shape index (κ3) is 1.67. The van der Waals surface area contributed by atoms with Crippen molar-refractivity contribution in [1.82, 2.24) is 0 Å². The van der Waals surface area contributed by atoms with E-state index in [9.17, 15) is 15.2 Å². The van der Waals surface area contributed by atoms with E-state index in [1.807, 2.05) is 0 Å². The van der Waals surface area contributed by atoms with Crippen molar-refractivity contribution in [2.45, 2.75) is 0 Å². The molecule has 1 heterocycles. The van der Waals surface area contributed by atoms with Gasteiger partial charge in [0.1, 0.15) is 11.5 Å². The molecular weight excluding hydrogens is 198 g/mol. The first-order valence-electron chi connectivity index (χ1n) is 4.20. The van der Waals surface area contributed by atoms with Crippen LogP contribution in [-0.4, -0.2) is 10.0 Å². The summed E-state index contributed by atoms with van der Waals surface area (Å²) in [6.07, 6.45) is 1.47. The third-order valence-corrected chi connectivity index (χ3v) is 1.98. The van der Waals surface area contributed by atoms with Gasteiger partial charge in [0.05, 0.1) is 22.8 Å². The van der Waals surface area contributed by atoms with Crippen LogP contribution in [0.1, 0.15) is 0 Å². The van der Waals surface area contributed by atoms with Crippen molar-refractivity contribution in [2.75, 3.05) is 0 Å². The molecular formula is C10H7NO4. The fraction of sp³-hybridized carbons (Fsp3) is 0. The largest absolute Gasteiger partial charge is 0.507 e. The van der Waals surface area contributed by atoms with Crippen molar-refractivity contribution in [1.29, 1.82) is 0 Å². The number of nitrogens with zero attached hydrogens (tertiary/aromatic N) is 1. The van der Waals surface area contributed by atoms with Crippen LogP contribution in [0.25, 0.3) is 11.3 Å². The Balaban J connectivity index is 2.48. The molecule has 0 aliphatic rings. The SMILES string of the molecule is O=[N+]([O-])c1ccc(-c2ccco2)c(O)c1. The highest BCUT2D eigenvalue weighted by molar-refractivity contribution is 5.67. The number of rotatable bonds is 2. The summed E-state index contributed by atoms with van der Waals surface area (Å²) in [4.78, 5) is 9.86. The number of aromatic hydroxyl groups is 1. The molecule has 0 aliphatic carbocycles. The van der Waals surface area contributed by atoms with Crippen LogP contribution in [0, 0.1) is 10.1 Å². The first kappa shape index (κ1) is 9.26. The molecule has 1 aromatic carbocycles. The molecule has 0 aliphatic heterocycles. The average molecular weight is 205 g/mol. The predicted octanol–water partition coefficient (Wildman–Crippen LogP) is 2.56. The van der Waals surface area contributed by atoms with Crippen molar-refractivity contribution in [3.05, 3.63) is 46.7 Å². The molecule has 2 aromatic rings. The smallest absolute Gasteiger partial charge is 0.273 e. The monoisotopic (exact) mass is 205 g/mol. The maximum Gasteiger partial charge on any atom is 0.273 e. The molecule has 0 unspecified atom stereocenters. The molecule has 76 valence electrons. The van der Waals surface area contributed by atoms with Gasteiger partial charge in [-0.05, 0) is 18.2 Å². The summed E-state index contributed by atoms with van der Waals surface area (Å²) >= 11 is 0. The topological polar surface area (TPSA) is 76.5 Å². The summed E-state index contributed by atoms with van der Waals surface area (Å²) in [6, 6.07) is 7.21. The molecule has 5 nitrogen and oxygen atoms in total. The molecule has 0 atom stereocenters. The second-order valence-corrected chi connectivity index (χ2v) is 2.94. The van der Waals surface area contributed by atoms with Crippen LogP contribution in [-0.2, 0) is 0 Å². The van der Waals surface area contributed by atoms with Gasteiger partial charge in [-0.3, -0.25) is 10.1 Å². The van der Waals surface area contributed by atoms with Crippen LogP contribution in [0.4, 0.5) is 5.69 Å². The van der Waals surface area contributed by atoms with E-state index < -0.39 is 4.92 Å². The summed E-state index contributed by atoms with van der Waals surface area (Å²) in [5.74, 6) is 0.307. The highest BCUT2D eigenvalue weighted by Crippen LogP contribution is 2.32. The van der Waals surface area contributed by atoms with Crippen LogP contribution in [0.5, 0.6) is 5.75 Å². The van der Waals surface area contributed by atoms with Crippen molar-refractivity contribution < 1.29 is 14.4 Å². The average Bonchev–Trinajstić information content (AvgIpc) is 2.70. The van der Waals surface area contributed by atoms with Crippen LogP contribution in [0.15, 0.2) is 41.0 Å². The molecule has 0 saturated carbocycles. The Morgan fingerprint density at radius 2 is 2.13 bits per heavy atom. The number of nitro groups is 1. The minimum absolute atomic E-state index is 0.150. The van der Waals surface area contributed by atoms with Gasteiger partial charge < -0.3 is 9.52 Å². The van der Waals surface area contributed by atoms with Gasteiger partial charge >= 0.3 is 0 Å².